The summed E-state index contributed by atoms with van der Waals surface area (Å²) in [6.45, 7) is 7.65. The van der Waals surface area contributed by atoms with Gasteiger partial charge < -0.3 is 14.4 Å². The first kappa shape index (κ1) is 19.0. The number of carbonyl (C=O) groups is 1. The fourth-order valence-corrected chi connectivity index (χ4v) is 6.21. The highest BCUT2D eigenvalue weighted by atomic mass is 32.1. The van der Waals surface area contributed by atoms with Crippen LogP contribution in [0.25, 0.3) is 0 Å². The Kier molecular flexibility index (Phi) is 5.24. The number of carbonyl (C=O) groups excluding carboxylic acids is 1. The van der Waals surface area contributed by atoms with E-state index in [1.54, 1.807) is 0 Å². The molecule has 5 nitrogen and oxygen atoms in total. The maximum Gasteiger partial charge on any atom is 0.254 e. The van der Waals surface area contributed by atoms with Gasteiger partial charge in [0.15, 0.2) is 6.10 Å². The third kappa shape index (κ3) is 3.53. The Bertz CT molecular complexity index is 702. The number of hydrogen-bond acceptors (Lipinski definition) is 5. The number of nitrogens with zero attached hydrogens (tertiary/aromatic N) is 2. The number of ether oxygens (including phenoxy) is 2. The number of likely N-dealkylation sites (tertiary alicyclic amines) is 2. The van der Waals surface area contributed by atoms with Crippen LogP contribution in [0.3, 0.4) is 0 Å². The molecule has 6 heteroatoms. The average molecular weight is 405 g/mol. The van der Waals surface area contributed by atoms with Gasteiger partial charge >= 0.3 is 0 Å². The Balaban J connectivity index is 1.21. The van der Waals surface area contributed by atoms with Crippen LogP contribution in [-0.4, -0.2) is 66.3 Å². The van der Waals surface area contributed by atoms with E-state index in [0.29, 0.717) is 12.0 Å². The molecule has 1 aromatic rings. The van der Waals surface area contributed by atoms with E-state index in [0.717, 1.165) is 65.1 Å². The van der Waals surface area contributed by atoms with Crippen LogP contribution in [-0.2, 0) is 20.8 Å². The second-order valence-corrected chi connectivity index (χ2v) is 10.5. The van der Waals surface area contributed by atoms with Gasteiger partial charge in [-0.1, -0.05) is 0 Å². The lowest BCUT2D eigenvalue weighted by atomic mass is 9.72. The van der Waals surface area contributed by atoms with Crippen LogP contribution in [0, 0.1) is 12.8 Å². The van der Waals surface area contributed by atoms with Crippen LogP contribution >= 0.6 is 11.3 Å². The highest BCUT2D eigenvalue weighted by Gasteiger charge is 2.63. The Hall–Kier alpha value is -0.950. The van der Waals surface area contributed by atoms with Gasteiger partial charge in [-0.25, -0.2) is 0 Å². The molecular weight excluding hydrogens is 372 g/mol. The van der Waals surface area contributed by atoms with Gasteiger partial charge in [-0.15, -0.1) is 11.3 Å². The Labute approximate surface area is 172 Å². The van der Waals surface area contributed by atoms with Crippen LogP contribution in [0.2, 0.25) is 0 Å². The molecule has 1 spiro atoms. The van der Waals surface area contributed by atoms with Gasteiger partial charge in [-0.3, -0.25) is 9.69 Å². The van der Waals surface area contributed by atoms with Crippen molar-refractivity contribution in [2.24, 2.45) is 5.92 Å². The lowest BCUT2D eigenvalue weighted by Gasteiger charge is -2.62. The van der Waals surface area contributed by atoms with E-state index in [9.17, 15) is 4.79 Å². The van der Waals surface area contributed by atoms with E-state index in [1.807, 2.05) is 11.3 Å². The summed E-state index contributed by atoms with van der Waals surface area (Å²) in [7, 11) is 0. The fraction of sp³-hybridized carbons (Fsp3) is 0.773. The van der Waals surface area contributed by atoms with Gasteiger partial charge in [-0.05, 0) is 63.5 Å². The van der Waals surface area contributed by atoms with Gasteiger partial charge in [-0.2, -0.15) is 0 Å². The molecule has 3 aliphatic heterocycles. The summed E-state index contributed by atoms with van der Waals surface area (Å²) < 4.78 is 11.8. The average Bonchev–Trinajstić information content (AvgIpc) is 3.44. The van der Waals surface area contributed by atoms with Crippen molar-refractivity contribution in [1.29, 1.82) is 0 Å². The molecule has 154 valence electrons. The van der Waals surface area contributed by atoms with Crippen molar-refractivity contribution in [3.63, 3.8) is 0 Å². The van der Waals surface area contributed by atoms with Gasteiger partial charge in [0, 0.05) is 48.6 Å². The lowest BCUT2D eigenvalue weighted by Crippen LogP contribution is -2.79. The van der Waals surface area contributed by atoms with E-state index in [2.05, 4.69) is 28.9 Å². The molecule has 1 aliphatic carbocycles. The van der Waals surface area contributed by atoms with Crippen molar-refractivity contribution in [1.82, 2.24) is 9.80 Å². The van der Waals surface area contributed by atoms with Gasteiger partial charge in [0.2, 0.25) is 0 Å². The zero-order chi connectivity index (χ0) is 19.1. The maximum atomic E-state index is 13.1. The standard InChI is InChI=1S/C22H32N2O3S/c1-16-2-5-19(28-16)14-23-10-6-18(7-11-23)24-21(25)20(27-15-17-3-4-17)22(24)8-12-26-13-9-22/h2,5,17-18,20H,3-4,6-15H2,1H3. The van der Waals surface area contributed by atoms with Crippen LogP contribution < -0.4 is 0 Å². The summed E-state index contributed by atoms with van der Waals surface area (Å²) in [6.07, 6.45) is 6.34. The highest BCUT2D eigenvalue weighted by Crippen LogP contribution is 2.46. The van der Waals surface area contributed by atoms with Crippen molar-refractivity contribution < 1.29 is 14.3 Å². The minimum Gasteiger partial charge on any atom is -0.381 e. The molecule has 0 radical (unpaired) electrons. The summed E-state index contributed by atoms with van der Waals surface area (Å²) in [5.41, 5.74) is -0.0953. The smallest absolute Gasteiger partial charge is 0.254 e. The molecule has 3 saturated heterocycles. The molecule has 28 heavy (non-hydrogen) atoms. The number of aryl methyl sites for hydroxylation is 1. The van der Waals surface area contributed by atoms with Crippen LogP contribution in [0.15, 0.2) is 12.1 Å². The lowest BCUT2D eigenvalue weighted by molar-refractivity contribution is -0.219. The van der Waals surface area contributed by atoms with Gasteiger partial charge in [0.25, 0.3) is 5.91 Å². The predicted octanol–water partition coefficient (Wildman–Crippen LogP) is 3.21. The summed E-state index contributed by atoms with van der Waals surface area (Å²) in [4.78, 5) is 20.7. The second-order valence-electron chi connectivity index (χ2n) is 9.10. The quantitative estimate of drug-likeness (QED) is 0.683. The molecule has 1 atom stereocenters. The SMILES string of the molecule is Cc1ccc(CN2CCC(N3C(=O)C(OCC4CC4)C34CCOCC4)CC2)s1. The Morgan fingerprint density at radius 1 is 1.18 bits per heavy atom. The van der Waals surface area contributed by atoms with E-state index in [-0.39, 0.29) is 17.6 Å². The van der Waals surface area contributed by atoms with Gasteiger partial charge in [0.1, 0.15) is 0 Å². The third-order valence-electron chi connectivity index (χ3n) is 7.08. The summed E-state index contributed by atoms with van der Waals surface area (Å²) in [5.74, 6) is 0.942. The first-order valence-electron chi connectivity index (χ1n) is 11.0. The summed E-state index contributed by atoms with van der Waals surface area (Å²) in [6, 6.07) is 4.83. The molecule has 4 aliphatic rings. The minimum absolute atomic E-state index is 0.0953. The monoisotopic (exact) mass is 404 g/mol. The highest BCUT2D eigenvalue weighted by molar-refractivity contribution is 7.11. The number of amides is 1. The van der Waals surface area contributed by atoms with E-state index in [4.69, 9.17) is 9.47 Å². The summed E-state index contributed by atoms with van der Waals surface area (Å²) >= 11 is 1.90. The van der Waals surface area contributed by atoms with Crippen molar-refractivity contribution in [2.75, 3.05) is 32.9 Å². The van der Waals surface area contributed by atoms with E-state index >= 15 is 0 Å². The van der Waals surface area contributed by atoms with Crippen molar-refractivity contribution >= 4 is 17.2 Å². The maximum absolute atomic E-state index is 13.1. The molecule has 0 aromatic carbocycles. The molecule has 1 aromatic heterocycles. The molecule has 0 bridgehead atoms. The van der Waals surface area contributed by atoms with Crippen molar-refractivity contribution in [3.8, 4) is 0 Å². The normalized spacial score (nSPS) is 28.7. The zero-order valence-electron chi connectivity index (χ0n) is 16.9. The van der Waals surface area contributed by atoms with Crippen LogP contribution in [0.1, 0.15) is 48.3 Å². The molecular formula is C22H32N2O3S. The Morgan fingerprint density at radius 2 is 1.93 bits per heavy atom. The first-order valence-corrected chi connectivity index (χ1v) is 11.8. The third-order valence-corrected chi connectivity index (χ3v) is 8.07. The second kappa shape index (κ2) is 7.71. The van der Waals surface area contributed by atoms with Crippen molar-refractivity contribution in [2.45, 2.75) is 69.7 Å². The molecule has 1 unspecified atom stereocenters. The molecule has 1 amide bonds. The molecule has 0 N–H and O–H groups in total. The van der Waals surface area contributed by atoms with E-state index < -0.39 is 0 Å². The number of hydrogen-bond donors (Lipinski definition) is 0. The number of piperidine rings is 1. The van der Waals surface area contributed by atoms with Gasteiger partial charge in [0.05, 0.1) is 12.1 Å². The Morgan fingerprint density at radius 3 is 2.57 bits per heavy atom. The van der Waals surface area contributed by atoms with Crippen LogP contribution in [0.4, 0.5) is 0 Å². The number of β-lactam (4-membered cyclic amide) rings is 1. The van der Waals surface area contributed by atoms with Crippen LogP contribution in [0.5, 0.6) is 0 Å². The number of thiophene rings is 1. The molecule has 1 saturated carbocycles. The van der Waals surface area contributed by atoms with Crippen molar-refractivity contribution in [3.05, 3.63) is 21.9 Å². The topological polar surface area (TPSA) is 42.0 Å². The van der Waals surface area contributed by atoms with E-state index in [1.165, 1.54) is 22.6 Å². The largest absolute Gasteiger partial charge is 0.381 e. The summed E-state index contributed by atoms with van der Waals surface area (Å²) in [5, 5.41) is 0. The predicted molar refractivity (Wildman–Crippen MR) is 109 cm³/mol. The first-order chi connectivity index (χ1) is 13.7. The minimum atomic E-state index is -0.218. The molecule has 4 fully saturated rings. The zero-order valence-corrected chi connectivity index (χ0v) is 17.7. The molecule has 5 rings (SSSR count). The number of rotatable bonds is 6. The molecule has 4 heterocycles. The fourth-order valence-electron chi connectivity index (χ4n) is 5.28.